The highest BCUT2D eigenvalue weighted by Crippen LogP contribution is 2.24. The summed E-state index contributed by atoms with van der Waals surface area (Å²) in [6.07, 6.45) is 0.955. The van der Waals surface area contributed by atoms with Gasteiger partial charge in [-0.3, -0.25) is 9.59 Å². The van der Waals surface area contributed by atoms with Gasteiger partial charge in [0.1, 0.15) is 6.54 Å². The second-order valence-corrected chi connectivity index (χ2v) is 8.21. The lowest BCUT2D eigenvalue weighted by molar-refractivity contribution is -0.117. The molecule has 0 aliphatic rings. The molecule has 0 unspecified atom stereocenters. The van der Waals surface area contributed by atoms with Gasteiger partial charge in [0, 0.05) is 28.3 Å². The minimum Gasteiger partial charge on any atom is -0.324 e. The van der Waals surface area contributed by atoms with Gasteiger partial charge in [-0.2, -0.15) is 5.10 Å². The number of anilines is 1. The number of nitrogens with one attached hydrogen (secondary N) is 1. The highest BCUT2D eigenvalue weighted by Gasteiger charge is 2.10. The van der Waals surface area contributed by atoms with Gasteiger partial charge in [-0.1, -0.05) is 43.3 Å². The molecule has 0 saturated heterocycles. The van der Waals surface area contributed by atoms with Crippen molar-refractivity contribution in [2.45, 2.75) is 26.8 Å². The lowest BCUT2D eigenvalue weighted by atomic mass is 10.1. The summed E-state index contributed by atoms with van der Waals surface area (Å²) >= 11 is 1.58. The zero-order chi connectivity index (χ0) is 21.8. The van der Waals surface area contributed by atoms with Crippen molar-refractivity contribution < 1.29 is 4.79 Å². The van der Waals surface area contributed by atoms with Gasteiger partial charge >= 0.3 is 0 Å². The van der Waals surface area contributed by atoms with Gasteiger partial charge in [-0.25, -0.2) is 9.67 Å². The Morgan fingerprint density at radius 3 is 2.55 bits per heavy atom. The van der Waals surface area contributed by atoms with Gasteiger partial charge in [0.05, 0.1) is 16.4 Å². The lowest BCUT2D eigenvalue weighted by Crippen LogP contribution is -2.29. The molecule has 0 spiro atoms. The molecule has 1 N–H and O–H groups in total. The number of rotatable bonds is 6. The number of thiazole rings is 1. The van der Waals surface area contributed by atoms with E-state index in [1.165, 1.54) is 16.3 Å². The second-order valence-electron chi connectivity index (χ2n) is 7.15. The van der Waals surface area contributed by atoms with Crippen molar-refractivity contribution in [3.05, 3.63) is 87.0 Å². The van der Waals surface area contributed by atoms with Gasteiger partial charge in [-0.15, -0.1) is 11.3 Å². The van der Waals surface area contributed by atoms with Crippen LogP contribution in [0, 0.1) is 6.92 Å². The molecule has 0 aliphatic heterocycles. The first-order valence-electron chi connectivity index (χ1n) is 10.0. The molecule has 0 atom stereocenters. The topological polar surface area (TPSA) is 76.9 Å². The van der Waals surface area contributed by atoms with Crippen molar-refractivity contribution in [3.63, 3.8) is 0 Å². The van der Waals surface area contributed by atoms with Crippen LogP contribution in [0.5, 0.6) is 0 Å². The number of benzene rings is 2. The molecule has 1 amide bonds. The van der Waals surface area contributed by atoms with E-state index < -0.39 is 0 Å². The molecule has 156 valence electrons. The zero-order valence-corrected chi connectivity index (χ0v) is 18.1. The predicted octanol–water partition coefficient (Wildman–Crippen LogP) is 4.54. The Hall–Kier alpha value is -3.58. The van der Waals surface area contributed by atoms with E-state index in [0.717, 1.165) is 28.2 Å². The molecular formula is C24H22N4O2S. The Morgan fingerprint density at radius 1 is 1.03 bits per heavy atom. The Kier molecular flexibility index (Phi) is 6.04. The average Bonchev–Trinajstić information content (AvgIpc) is 3.22. The van der Waals surface area contributed by atoms with E-state index in [9.17, 15) is 9.59 Å². The van der Waals surface area contributed by atoms with Crippen LogP contribution in [0.25, 0.3) is 22.5 Å². The quantitative estimate of drug-likeness (QED) is 0.487. The van der Waals surface area contributed by atoms with Gasteiger partial charge in [0.25, 0.3) is 5.56 Å². The largest absolute Gasteiger partial charge is 0.324 e. The van der Waals surface area contributed by atoms with E-state index in [0.29, 0.717) is 11.4 Å². The SMILES string of the molecule is CCc1ccc(-c2ccc(=O)n(CC(=O)Nc3cccc(-c4csc(C)n4)c3)n2)cc1. The summed E-state index contributed by atoms with van der Waals surface area (Å²) in [6.45, 7) is 3.89. The summed E-state index contributed by atoms with van der Waals surface area (Å²) in [6, 6.07) is 18.6. The van der Waals surface area contributed by atoms with Crippen LogP contribution in [0.15, 0.2) is 70.8 Å². The van der Waals surface area contributed by atoms with Gasteiger partial charge < -0.3 is 5.32 Å². The summed E-state index contributed by atoms with van der Waals surface area (Å²) in [5.74, 6) is -0.320. The number of nitrogens with zero attached hydrogens (tertiary/aromatic N) is 3. The summed E-state index contributed by atoms with van der Waals surface area (Å²) in [5, 5.41) is 10.2. The van der Waals surface area contributed by atoms with E-state index in [4.69, 9.17) is 0 Å². The van der Waals surface area contributed by atoms with E-state index >= 15 is 0 Å². The van der Waals surface area contributed by atoms with E-state index in [1.54, 1.807) is 17.4 Å². The van der Waals surface area contributed by atoms with Crippen LogP contribution in [-0.2, 0) is 17.8 Å². The first-order chi connectivity index (χ1) is 15.0. The highest BCUT2D eigenvalue weighted by molar-refractivity contribution is 7.09. The molecule has 0 fully saturated rings. The Bertz CT molecular complexity index is 1280. The number of hydrogen-bond acceptors (Lipinski definition) is 5. The molecule has 7 heteroatoms. The van der Waals surface area contributed by atoms with Crippen LogP contribution >= 0.6 is 11.3 Å². The van der Waals surface area contributed by atoms with Crippen molar-refractivity contribution in [1.82, 2.24) is 14.8 Å². The van der Waals surface area contributed by atoms with Crippen molar-refractivity contribution >= 4 is 22.9 Å². The number of aryl methyl sites for hydroxylation is 2. The molecule has 2 aromatic heterocycles. The van der Waals surface area contributed by atoms with Gasteiger partial charge in [0.2, 0.25) is 5.91 Å². The molecular weight excluding hydrogens is 408 g/mol. The Morgan fingerprint density at radius 2 is 1.84 bits per heavy atom. The molecule has 2 aromatic carbocycles. The molecule has 0 aliphatic carbocycles. The van der Waals surface area contributed by atoms with Crippen LogP contribution in [0.2, 0.25) is 0 Å². The molecule has 6 nitrogen and oxygen atoms in total. The fraction of sp³-hybridized carbons (Fsp3) is 0.167. The smallest absolute Gasteiger partial charge is 0.267 e. The third-order valence-corrected chi connectivity index (χ3v) is 5.65. The van der Waals surface area contributed by atoms with Crippen molar-refractivity contribution in [1.29, 1.82) is 0 Å². The van der Waals surface area contributed by atoms with E-state index in [2.05, 4.69) is 22.3 Å². The summed E-state index contributed by atoms with van der Waals surface area (Å²) in [7, 11) is 0. The normalized spacial score (nSPS) is 10.8. The summed E-state index contributed by atoms with van der Waals surface area (Å²) < 4.78 is 1.19. The monoisotopic (exact) mass is 430 g/mol. The van der Waals surface area contributed by atoms with Crippen molar-refractivity contribution in [2.24, 2.45) is 0 Å². The van der Waals surface area contributed by atoms with Crippen molar-refractivity contribution in [2.75, 3.05) is 5.32 Å². The maximum Gasteiger partial charge on any atom is 0.267 e. The minimum atomic E-state index is -0.323. The fourth-order valence-electron chi connectivity index (χ4n) is 3.22. The third kappa shape index (κ3) is 4.95. The van der Waals surface area contributed by atoms with E-state index in [1.807, 2.05) is 60.8 Å². The van der Waals surface area contributed by atoms with Gasteiger partial charge in [0.15, 0.2) is 0 Å². The van der Waals surface area contributed by atoms with Gasteiger partial charge in [-0.05, 0) is 37.1 Å². The molecule has 4 rings (SSSR count). The maximum atomic E-state index is 12.6. The average molecular weight is 431 g/mol. The Balaban J connectivity index is 1.50. The number of amides is 1. The van der Waals surface area contributed by atoms with E-state index in [-0.39, 0.29) is 18.0 Å². The zero-order valence-electron chi connectivity index (χ0n) is 17.3. The number of aromatic nitrogens is 3. The van der Waals surface area contributed by atoms with Crippen LogP contribution < -0.4 is 10.9 Å². The van der Waals surface area contributed by atoms with Crippen LogP contribution in [0.4, 0.5) is 5.69 Å². The standard InChI is InChI=1S/C24H22N4O2S/c1-3-17-7-9-18(10-8-17)21-11-12-24(30)28(27-21)14-23(29)26-20-6-4-5-19(13-20)22-15-31-16(2)25-22/h4-13,15H,3,14H2,1-2H3,(H,26,29). The summed E-state index contributed by atoms with van der Waals surface area (Å²) in [5.41, 5.74) is 4.90. The summed E-state index contributed by atoms with van der Waals surface area (Å²) in [4.78, 5) is 29.3. The number of carbonyl (C=O) groups excluding carboxylic acids is 1. The molecule has 0 bridgehead atoms. The lowest BCUT2D eigenvalue weighted by Gasteiger charge is -2.09. The third-order valence-electron chi connectivity index (χ3n) is 4.88. The predicted molar refractivity (Wildman–Crippen MR) is 124 cm³/mol. The van der Waals surface area contributed by atoms with Crippen LogP contribution in [0.3, 0.4) is 0 Å². The van der Waals surface area contributed by atoms with Crippen LogP contribution in [0.1, 0.15) is 17.5 Å². The second kappa shape index (κ2) is 9.06. The fourth-order valence-corrected chi connectivity index (χ4v) is 3.84. The molecule has 0 radical (unpaired) electrons. The highest BCUT2D eigenvalue weighted by atomic mass is 32.1. The first-order valence-corrected chi connectivity index (χ1v) is 10.9. The number of hydrogen-bond donors (Lipinski definition) is 1. The maximum absolute atomic E-state index is 12.6. The molecule has 2 heterocycles. The Labute approximate surface area is 184 Å². The minimum absolute atomic E-state index is 0.167. The van der Waals surface area contributed by atoms with Crippen molar-refractivity contribution in [3.8, 4) is 22.5 Å². The van der Waals surface area contributed by atoms with Crippen LogP contribution in [-0.4, -0.2) is 20.7 Å². The first kappa shape index (κ1) is 20.7. The molecule has 4 aromatic rings. The molecule has 0 saturated carbocycles. The number of carbonyl (C=O) groups is 1. The molecule has 31 heavy (non-hydrogen) atoms.